The van der Waals surface area contributed by atoms with Gasteiger partial charge in [0.25, 0.3) is 5.91 Å². The van der Waals surface area contributed by atoms with Crippen LogP contribution in [0.25, 0.3) is 0 Å². The number of carbonyl (C=O) groups excluding carboxylic acids is 3. The number of benzene rings is 2. The highest BCUT2D eigenvalue weighted by Crippen LogP contribution is 2.39. The van der Waals surface area contributed by atoms with Crippen LogP contribution in [0, 0.1) is 0 Å². The number of hydrogen-bond donors (Lipinski definition) is 1. The predicted molar refractivity (Wildman–Crippen MR) is 139 cm³/mol. The third-order valence-electron chi connectivity index (χ3n) is 7.58. The van der Waals surface area contributed by atoms with Crippen molar-refractivity contribution >= 4 is 23.4 Å². The summed E-state index contributed by atoms with van der Waals surface area (Å²) in [4.78, 5) is 45.6. The van der Waals surface area contributed by atoms with Crippen LogP contribution in [0.1, 0.15) is 42.6 Å². The van der Waals surface area contributed by atoms with Gasteiger partial charge in [0.2, 0.25) is 11.8 Å². The highest BCUT2D eigenvalue weighted by atomic mass is 16.5. The minimum absolute atomic E-state index is 0.0874. The van der Waals surface area contributed by atoms with Crippen molar-refractivity contribution in [2.45, 2.75) is 50.8 Å². The number of methoxy groups -OCH3 is 1. The van der Waals surface area contributed by atoms with Crippen LogP contribution in [-0.2, 0) is 20.7 Å². The number of nitrogens with one attached hydrogen (secondary N) is 1. The molecule has 2 saturated heterocycles. The van der Waals surface area contributed by atoms with Gasteiger partial charge in [0.15, 0.2) is 0 Å². The minimum Gasteiger partial charge on any atom is -0.379 e. The van der Waals surface area contributed by atoms with Crippen molar-refractivity contribution in [3.8, 4) is 0 Å². The molecule has 2 fully saturated rings. The second-order valence-corrected chi connectivity index (χ2v) is 9.71. The molecule has 2 aromatic rings. The number of rotatable bonds is 7. The van der Waals surface area contributed by atoms with E-state index in [9.17, 15) is 14.4 Å². The molecular formula is C28H36N4O4. The van der Waals surface area contributed by atoms with Gasteiger partial charge in [0, 0.05) is 38.5 Å². The second kappa shape index (κ2) is 10.7. The molecule has 0 unspecified atom stereocenters. The first-order chi connectivity index (χ1) is 17.3. The maximum atomic E-state index is 13.6. The zero-order chi connectivity index (χ0) is 25.9. The molecule has 2 aliphatic rings. The highest BCUT2D eigenvalue weighted by molar-refractivity contribution is 5.98. The standard InChI is InChI=1S/C28H36N4O4/c1-5-21-10-9-11-22(18-21)25(33)29-24(20(2)36-4)26(34)31-16-14-28(15-17-31)27(35)30(3)19-32(28)23-12-7-6-8-13-23/h6-13,18,20,24H,5,14-17,19H2,1-4H3,(H,29,33)/t20-,24+/m0/s1. The fraction of sp³-hybridized carbons (Fsp3) is 0.464. The SMILES string of the molecule is CCc1cccc(C(=O)N[C@@H](C(=O)N2CCC3(CC2)C(=O)N(C)CN3c2ccccc2)[C@H](C)OC)c1. The molecule has 4 rings (SSSR count). The van der Waals surface area contributed by atoms with Gasteiger partial charge in [0.05, 0.1) is 12.8 Å². The number of aryl methyl sites for hydroxylation is 1. The summed E-state index contributed by atoms with van der Waals surface area (Å²) in [5, 5.41) is 2.90. The number of nitrogens with zero attached hydrogens (tertiary/aromatic N) is 3. The lowest BCUT2D eigenvalue weighted by Crippen LogP contribution is -2.61. The first-order valence-electron chi connectivity index (χ1n) is 12.6. The third-order valence-corrected chi connectivity index (χ3v) is 7.58. The van der Waals surface area contributed by atoms with Crippen LogP contribution in [0.15, 0.2) is 54.6 Å². The average Bonchev–Trinajstić information content (AvgIpc) is 3.16. The molecule has 1 spiro atoms. The molecule has 0 saturated carbocycles. The first kappa shape index (κ1) is 25.7. The van der Waals surface area contributed by atoms with E-state index in [1.165, 1.54) is 7.11 Å². The van der Waals surface area contributed by atoms with Gasteiger partial charge in [-0.05, 0) is 56.0 Å². The quantitative estimate of drug-likeness (QED) is 0.643. The Hall–Kier alpha value is -3.39. The van der Waals surface area contributed by atoms with Crippen LogP contribution in [0.3, 0.4) is 0 Å². The summed E-state index contributed by atoms with van der Waals surface area (Å²) in [5.74, 6) is -0.405. The van der Waals surface area contributed by atoms with E-state index in [1.807, 2.05) is 62.5 Å². The van der Waals surface area contributed by atoms with Crippen LogP contribution in [0.2, 0.25) is 0 Å². The summed E-state index contributed by atoms with van der Waals surface area (Å²) in [6.07, 6.45) is 1.36. The van der Waals surface area contributed by atoms with Crippen LogP contribution < -0.4 is 10.2 Å². The number of hydrogen-bond acceptors (Lipinski definition) is 5. The van der Waals surface area contributed by atoms with Crippen LogP contribution >= 0.6 is 0 Å². The molecule has 3 amide bonds. The van der Waals surface area contributed by atoms with Crippen molar-refractivity contribution in [2.75, 3.05) is 38.8 Å². The van der Waals surface area contributed by atoms with Gasteiger partial charge < -0.3 is 24.8 Å². The van der Waals surface area contributed by atoms with Gasteiger partial charge in [-0.25, -0.2) is 0 Å². The lowest BCUT2D eigenvalue weighted by Gasteiger charge is -2.44. The Kier molecular flexibility index (Phi) is 7.64. The molecule has 2 aliphatic heterocycles. The summed E-state index contributed by atoms with van der Waals surface area (Å²) < 4.78 is 5.47. The van der Waals surface area contributed by atoms with E-state index in [4.69, 9.17) is 4.74 Å². The molecule has 2 aromatic carbocycles. The second-order valence-electron chi connectivity index (χ2n) is 9.71. The average molecular weight is 493 g/mol. The summed E-state index contributed by atoms with van der Waals surface area (Å²) in [7, 11) is 3.36. The highest BCUT2D eigenvalue weighted by Gasteiger charge is 2.53. The molecule has 0 aromatic heterocycles. The lowest BCUT2D eigenvalue weighted by atomic mass is 9.85. The van der Waals surface area contributed by atoms with Crippen molar-refractivity contribution in [1.82, 2.24) is 15.1 Å². The Morgan fingerprint density at radius 1 is 1.08 bits per heavy atom. The van der Waals surface area contributed by atoms with Gasteiger partial charge in [-0.3, -0.25) is 14.4 Å². The molecule has 8 nitrogen and oxygen atoms in total. The van der Waals surface area contributed by atoms with E-state index in [2.05, 4.69) is 10.2 Å². The number of likely N-dealkylation sites (tertiary alicyclic amines) is 1. The zero-order valence-corrected chi connectivity index (χ0v) is 21.6. The molecule has 0 bridgehead atoms. The van der Waals surface area contributed by atoms with Crippen molar-refractivity contribution in [1.29, 1.82) is 0 Å². The van der Waals surface area contributed by atoms with Crippen molar-refractivity contribution in [2.24, 2.45) is 0 Å². The molecular weight excluding hydrogens is 456 g/mol. The number of para-hydroxylation sites is 1. The number of amides is 3. The molecule has 2 atom stereocenters. The Morgan fingerprint density at radius 2 is 1.78 bits per heavy atom. The topological polar surface area (TPSA) is 82.2 Å². The molecule has 8 heteroatoms. The Morgan fingerprint density at radius 3 is 2.42 bits per heavy atom. The number of likely N-dealkylation sites (N-methyl/N-ethyl adjacent to an activating group) is 1. The van der Waals surface area contributed by atoms with Crippen molar-refractivity contribution in [3.05, 3.63) is 65.7 Å². The summed E-state index contributed by atoms with van der Waals surface area (Å²) in [6, 6.07) is 16.5. The Balaban J connectivity index is 1.49. The fourth-order valence-corrected chi connectivity index (χ4v) is 5.27. The maximum absolute atomic E-state index is 13.6. The van der Waals surface area contributed by atoms with Gasteiger partial charge in [-0.2, -0.15) is 0 Å². The molecule has 2 heterocycles. The first-order valence-corrected chi connectivity index (χ1v) is 12.6. The number of anilines is 1. The third kappa shape index (κ3) is 4.82. The molecule has 1 N–H and O–H groups in total. The van der Waals surface area contributed by atoms with Gasteiger partial charge in [0.1, 0.15) is 11.6 Å². The largest absolute Gasteiger partial charge is 0.379 e. The zero-order valence-electron chi connectivity index (χ0n) is 21.6. The van der Waals surface area contributed by atoms with Crippen LogP contribution in [0.4, 0.5) is 5.69 Å². The van der Waals surface area contributed by atoms with E-state index in [1.54, 1.807) is 22.8 Å². The number of piperidine rings is 1. The van der Waals surface area contributed by atoms with E-state index in [0.29, 0.717) is 38.2 Å². The maximum Gasteiger partial charge on any atom is 0.252 e. The fourth-order valence-electron chi connectivity index (χ4n) is 5.27. The Bertz CT molecular complexity index is 1100. The molecule has 0 radical (unpaired) electrons. The van der Waals surface area contributed by atoms with Crippen molar-refractivity contribution in [3.63, 3.8) is 0 Å². The molecule has 36 heavy (non-hydrogen) atoms. The van der Waals surface area contributed by atoms with Crippen LogP contribution in [0.5, 0.6) is 0 Å². The van der Waals surface area contributed by atoms with E-state index >= 15 is 0 Å². The van der Waals surface area contributed by atoms with E-state index in [-0.39, 0.29) is 17.7 Å². The molecule has 0 aliphatic carbocycles. The van der Waals surface area contributed by atoms with Gasteiger partial charge in [-0.1, -0.05) is 37.3 Å². The lowest BCUT2D eigenvalue weighted by molar-refractivity contribution is -0.141. The summed E-state index contributed by atoms with van der Waals surface area (Å²) in [5.41, 5.74) is 1.91. The summed E-state index contributed by atoms with van der Waals surface area (Å²) >= 11 is 0. The van der Waals surface area contributed by atoms with E-state index in [0.717, 1.165) is 17.7 Å². The Labute approximate surface area is 213 Å². The summed E-state index contributed by atoms with van der Waals surface area (Å²) in [6.45, 7) is 5.19. The normalized spacial score (nSPS) is 18.9. The monoisotopic (exact) mass is 492 g/mol. The smallest absolute Gasteiger partial charge is 0.252 e. The van der Waals surface area contributed by atoms with Crippen LogP contribution in [-0.4, -0.2) is 79.1 Å². The van der Waals surface area contributed by atoms with Crippen molar-refractivity contribution < 1.29 is 19.1 Å². The number of carbonyl (C=O) groups is 3. The van der Waals surface area contributed by atoms with E-state index < -0.39 is 17.7 Å². The minimum atomic E-state index is -0.825. The van der Waals surface area contributed by atoms with Gasteiger partial charge in [-0.15, -0.1) is 0 Å². The molecule has 192 valence electrons. The number of ether oxygens (including phenoxy) is 1. The predicted octanol–water partition coefficient (Wildman–Crippen LogP) is 2.68. The van der Waals surface area contributed by atoms with Gasteiger partial charge >= 0.3 is 0 Å².